The second kappa shape index (κ2) is 5.62. The molecule has 1 aromatic heterocycles. The highest BCUT2D eigenvalue weighted by molar-refractivity contribution is 6.17. The Kier molecular flexibility index (Phi) is 3.69. The second-order valence-corrected chi connectivity index (χ2v) is 5.16. The lowest BCUT2D eigenvalue weighted by atomic mass is 10.1. The molecule has 0 atom stereocenters. The van der Waals surface area contributed by atoms with Gasteiger partial charge >= 0.3 is 0 Å². The summed E-state index contributed by atoms with van der Waals surface area (Å²) in [7, 11) is 0. The first-order chi connectivity index (χ1) is 9.38. The zero-order chi connectivity index (χ0) is 13.1. The number of halogens is 1. The van der Waals surface area contributed by atoms with Crippen LogP contribution in [-0.2, 0) is 12.3 Å². The standard InChI is InChI=1S/C16H17ClN2/c17-11-13-8-9-16(18-12-13)19-10-4-3-6-14-5-1-2-7-15(14)19/h1-2,5,7-9,12H,3-4,6,10-11H2. The summed E-state index contributed by atoms with van der Waals surface area (Å²) in [5.74, 6) is 1.53. The van der Waals surface area contributed by atoms with Crippen LogP contribution < -0.4 is 4.90 Å². The molecule has 1 aromatic carbocycles. The Morgan fingerprint density at radius 3 is 2.79 bits per heavy atom. The maximum Gasteiger partial charge on any atom is 0.132 e. The van der Waals surface area contributed by atoms with Gasteiger partial charge in [-0.15, -0.1) is 11.6 Å². The smallest absolute Gasteiger partial charge is 0.132 e. The molecule has 1 aliphatic heterocycles. The lowest BCUT2D eigenvalue weighted by Crippen LogP contribution is -2.19. The van der Waals surface area contributed by atoms with Gasteiger partial charge in [0.15, 0.2) is 0 Å². The van der Waals surface area contributed by atoms with Gasteiger partial charge in [0, 0.05) is 24.3 Å². The van der Waals surface area contributed by atoms with E-state index >= 15 is 0 Å². The summed E-state index contributed by atoms with van der Waals surface area (Å²) >= 11 is 5.82. The van der Waals surface area contributed by atoms with Gasteiger partial charge in [-0.1, -0.05) is 24.3 Å². The molecule has 2 nitrogen and oxygen atoms in total. The van der Waals surface area contributed by atoms with Crippen molar-refractivity contribution in [1.29, 1.82) is 0 Å². The Morgan fingerprint density at radius 1 is 1.11 bits per heavy atom. The summed E-state index contributed by atoms with van der Waals surface area (Å²) in [6, 6.07) is 12.8. The summed E-state index contributed by atoms with van der Waals surface area (Å²) < 4.78 is 0. The van der Waals surface area contributed by atoms with Crippen LogP contribution in [0, 0.1) is 0 Å². The van der Waals surface area contributed by atoms with Gasteiger partial charge in [-0.3, -0.25) is 0 Å². The topological polar surface area (TPSA) is 16.1 Å². The fourth-order valence-electron chi connectivity index (χ4n) is 2.58. The number of hydrogen-bond donors (Lipinski definition) is 0. The average molecular weight is 273 g/mol. The summed E-state index contributed by atoms with van der Waals surface area (Å²) in [6.07, 6.45) is 5.48. The van der Waals surface area contributed by atoms with Crippen LogP contribution in [0.15, 0.2) is 42.6 Å². The lowest BCUT2D eigenvalue weighted by Gasteiger charge is -2.24. The third-order valence-corrected chi connectivity index (χ3v) is 3.91. The summed E-state index contributed by atoms with van der Waals surface area (Å²) in [6.45, 7) is 1.03. The van der Waals surface area contributed by atoms with Gasteiger partial charge in [0.1, 0.15) is 5.82 Å². The van der Waals surface area contributed by atoms with Crippen molar-refractivity contribution in [3.8, 4) is 0 Å². The van der Waals surface area contributed by atoms with E-state index in [-0.39, 0.29) is 0 Å². The van der Waals surface area contributed by atoms with E-state index in [4.69, 9.17) is 11.6 Å². The van der Waals surface area contributed by atoms with Crippen LogP contribution in [0.2, 0.25) is 0 Å². The third kappa shape index (κ3) is 2.59. The van der Waals surface area contributed by atoms with Gasteiger partial charge in [-0.25, -0.2) is 4.98 Å². The fourth-order valence-corrected chi connectivity index (χ4v) is 2.74. The number of aryl methyl sites for hydroxylation is 1. The van der Waals surface area contributed by atoms with E-state index in [1.54, 1.807) is 0 Å². The molecule has 19 heavy (non-hydrogen) atoms. The Balaban J connectivity index is 1.99. The predicted octanol–water partition coefficient (Wildman–Crippen LogP) is 4.29. The van der Waals surface area contributed by atoms with E-state index < -0.39 is 0 Å². The average Bonchev–Trinajstić information content (AvgIpc) is 2.70. The van der Waals surface area contributed by atoms with Gasteiger partial charge in [0.05, 0.1) is 0 Å². The molecule has 0 saturated carbocycles. The molecule has 3 heteroatoms. The van der Waals surface area contributed by atoms with E-state index in [9.17, 15) is 0 Å². The van der Waals surface area contributed by atoms with Crippen molar-refractivity contribution in [2.75, 3.05) is 11.4 Å². The predicted molar refractivity (Wildman–Crippen MR) is 80.2 cm³/mol. The van der Waals surface area contributed by atoms with Crippen molar-refractivity contribution in [3.05, 3.63) is 53.7 Å². The Bertz CT molecular complexity index is 551. The first-order valence-corrected chi connectivity index (χ1v) is 7.28. The van der Waals surface area contributed by atoms with Crippen LogP contribution >= 0.6 is 11.6 Å². The van der Waals surface area contributed by atoms with Crippen molar-refractivity contribution < 1.29 is 0 Å². The van der Waals surface area contributed by atoms with Crippen LogP contribution in [0.3, 0.4) is 0 Å². The quantitative estimate of drug-likeness (QED) is 0.758. The van der Waals surface area contributed by atoms with E-state index in [1.807, 2.05) is 6.20 Å². The molecule has 0 aliphatic carbocycles. The van der Waals surface area contributed by atoms with Crippen LogP contribution in [0.1, 0.15) is 24.0 Å². The number of para-hydroxylation sites is 1. The van der Waals surface area contributed by atoms with Gasteiger partial charge in [-0.05, 0) is 42.5 Å². The summed E-state index contributed by atoms with van der Waals surface area (Å²) in [4.78, 5) is 6.88. The number of anilines is 2. The molecule has 0 radical (unpaired) electrons. The number of aromatic nitrogens is 1. The van der Waals surface area contributed by atoms with Crippen molar-refractivity contribution in [3.63, 3.8) is 0 Å². The van der Waals surface area contributed by atoms with Crippen molar-refractivity contribution in [2.24, 2.45) is 0 Å². The minimum absolute atomic E-state index is 0.518. The van der Waals surface area contributed by atoms with Gasteiger partial charge in [0.2, 0.25) is 0 Å². The molecule has 0 fully saturated rings. The van der Waals surface area contributed by atoms with Gasteiger partial charge in [-0.2, -0.15) is 0 Å². The summed E-state index contributed by atoms with van der Waals surface area (Å²) in [5, 5.41) is 0. The van der Waals surface area contributed by atoms with Crippen LogP contribution in [0.25, 0.3) is 0 Å². The Morgan fingerprint density at radius 2 is 2.00 bits per heavy atom. The molecule has 2 aromatic rings. The lowest BCUT2D eigenvalue weighted by molar-refractivity contribution is 0.757. The Labute approximate surface area is 119 Å². The molecule has 0 amide bonds. The molecule has 0 N–H and O–H groups in total. The number of nitrogens with zero attached hydrogens (tertiary/aromatic N) is 2. The van der Waals surface area contributed by atoms with E-state index in [1.165, 1.54) is 24.1 Å². The molecule has 98 valence electrons. The van der Waals surface area contributed by atoms with Crippen LogP contribution in [0.4, 0.5) is 11.5 Å². The maximum absolute atomic E-state index is 5.82. The number of alkyl halides is 1. The van der Waals surface area contributed by atoms with Crippen molar-refractivity contribution in [2.45, 2.75) is 25.1 Å². The Hall–Kier alpha value is -1.54. The molecule has 3 rings (SSSR count). The monoisotopic (exact) mass is 272 g/mol. The summed E-state index contributed by atoms with van der Waals surface area (Å²) in [5.41, 5.74) is 3.78. The highest BCUT2D eigenvalue weighted by Gasteiger charge is 2.16. The number of rotatable bonds is 2. The van der Waals surface area contributed by atoms with Crippen LogP contribution in [-0.4, -0.2) is 11.5 Å². The molecular weight excluding hydrogens is 256 g/mol. The molecular formula is C16H17ClN2. The zero-order valence-electron chi connectivity index (χ0n) is 10.8. The highest BCUT2D eigenvalue weighted by Crippen LogP contribution is 2.31. The minimum Gasteiger partial charge on any atom is -0.326 e. The molecule has 1 aliphatic rings. The minimum atomic E-state index is 0.518. The van der Waals surface area contributed by atoms with E-state index in [2.05, 4.69) is 46.3 Å². The van der Waals surface area contributed by atoms with Crippen molar-refractivity contribution in [1.82, 2.24) is 4.98 Å². The fraction of sp³-hybridized carbons (Fsp3) is 0.312. The number of fused-ring (bicyclic) bond motifs is 1. The highest BCUT2D eigenvalue weighted by atomic mass is 35.5. The number of benzene rings is 1. The molecule has 0 unspecified atom stereocenters. The van der Waals surface area contributed by atoms with E-state index in [0.717, 1.165) is 24.3 Å². The van der Waals surface area contributed by atoms with Gasteiger partial charge in [0.25, 0.3) is 0 Å². The maximum atomic E-state index is 5.82. The van der Waals surface area contributed by atoms with E-state index in [0.29, 0.717) is 5.88 Å². The molecule has 2 heterocycles. The molecule has 0 spiro atoms. The number of hydrogen-bond acceptors (Lipinski definition) is 2. The van der Waals surface area contributed by atoms with Gasteiger partial charge < -0.3 is 4.90 Å². The second-order valence-electron chi connectivity index (χ2n) is 4.90. The molecule has 0 bridgehead atoms. The van der Waals surface area contributed by atoms with Crippen molar-refractivity contribution >= 4 is 23.1 Å². The third-order valence-electron chi connectivity index (χ3n) is 3.60. The first-order valence-electron chi connectivity index (χ1n) is 6.75. The largest absolute Gasteiger partial charge is 0.326 e. The number of pyridine rings is 1. The zero-order valence-corrected chi connectivity index (χ0v) is 11.6. The van der Waals surface area contributed by atoms with Crippen LogP contribution in [0.5, 0.6) is 0 Å². The normalized spacial score (nSPS) is 14.9. The molecule has 0 saturated heterocycles. The SMILES string of the molecule is ClCc1ccc(N2CCCCc3ccccc32)nc1. The first kappa shape index (κ1) is 12.5.